The maximum Gasteiger partial charge on any atom is 0.258 e. The summed E-state index contributed by atoms with van der Waals surface area (Å²) in [5.41, 5.74) is 5.68. The van der Waals surface area contributed by atoms with Crippen molar-refractivity contribution in [2.75, 3.05) is 12.4 Å². The zero-order valence-corrected chi connectivity index (χ0v) is 19.7. The maximum atomic E-state index is 12.5. The minimum Gasteiger partial charge on any atom is -0.496 e. The normalized spacial score (nSPS) is 11.4. The van der Waals surface area contributed by atoms with Crippen LogP contribution >= 0.6 is 0 Å². The van der Waals surface area contributed by atoms with E-state index in [2.05, 4.69) is 27.2 Å². The van der Waals surface area contributed by atoms with Gasteiger partial charge in [0.2, 0.25) is 5.82 Å². The Morgan fingerprint density at radius 3 is 2.66 bits per heavy atom. The molecule has 2 aromatic heterocycles. The van der Waals surface area contributed by atoms with Gasteiger partial charge >= 0.3 is 0 Å². The summed E-state index contributed by atoms with van der Waals surface area (Å²) < 4.78 is 5.44. The summed E-state index contributed by atoms with van der Waals surface area (Å²) in [5.74, 6) is 0.633. The van der Waals surface area contributed by atoms with Crippen LogP contribution in [0.3, 0.4) is 0 Å². The van der Waals surface area contributed by atoms with E-state index in [-0.39, 0.29) is 23.2 Å². The SMILES string of the molecule is COc1cc(-c2cncc(C[C@H](C)c3cccc(NC(=O)c4cnc(C#N)nc4)c3)n2)ccc1C. The minimum absolute atomic E-state index is 0.0195. The Kier molecular flexibility index (Phi) is 7.07. The smallest absolute Gasteiger partial charge is 0.258 e. The van der Waals surface area contributed by atoms with E-state index >= 15 is 0 Å². The van der Waals surface area contributed by atoms with E-state index in [1.54, 1.807) is 19.5 Å². The molecule has 4 rings (SSSR count). The highest BCUT2D eigenvalue weighted by Gasteiger charge is 2.13. The fourth-order valence-electron chi connectivity index (χ4n) is 3.68. The van der Waals surface area contributed by atoms with Crippen molar-refractivity contribution < 1.29 is 9.53 Å². The number of aryl methyl sites for hydroxylation is 1. The third-order valence-corrected chi connectivity index (χ3v) is 5.63. The molecule has 35 heavy (non-hydrogen) atoms. The van der Waals surface area contributed by atoms with Crippen molar-refractivity contribution in [2.45, 2.75) is 26.2 Å². The van der Waals surface area contributed by atoms with E-state index in [0.717, 1.165) is 33.8 Å². The molecule has 0 saturated carbocycles. The van der Waals surface area contributed by atoms with Crippen molar-refractivity contribution in [3.8, 4) is 23.1 Å². The minimum atomic E-state index is -0.341. The van der Waals surface area contributed by atoms with E-state index in [4.69, 9.17) is 15.0 Å². The number of nitrogens with zero attached hydrogens (tertiary/aromatic N) is 5. The van der Waals surface area contributed by atoms with Crippen LogP contribution in [0, 0.1) is 18.3 Å². The number of ether oxygens (including phenoxy) is 1. The largest absolute Gasteiger partial charge is 0.496 e. The first-order valence-electron chi connectivity index (χ1n) is 11.1. The lowest BCUT2D eigenvalue weighted by Crippen LogP contribution is -2.13. The standard InChI is InChI=1S/C27H24N6O2/c1-17-7-8-20(11-25(17)35-3)24-16-29-15-23(32-24)9-18(2)19-5-4-6-22(10-19)33-27(34)21-13-30-26(12-28)31-14-21/h4-8,10-11,13-16,18H,9H2,1-3H3,(H,33,34)/t18-/m0/s1. The van der Waals surface area contributed by atoms with Crippen molar-refractivity contribution in [1.29, 1.82) is 5.26 Å². The van der Waals surface area contributed by atoms with Crippen LogP contribution < -0.4 is 10.1 Å². The van der Waals surface area contributed by atoms with Crippen molar-refractivity contribution in [2.24, 2.45) is 0 Å². The Morgan fingerprint density at radius 1 is 1.11 bits per heavy atom. The molecule has 0 bridgehead atoms. The second-order valence-electron chi connectivity index (χ2n) is 8.17. The molecular formula is C27H24N6O2. The van der Waals surface area contributed by atoms with Gasteiger partial charge in [-0.3, -0.25) is 9.78 Å². The molecule has 8 heteroatoms. The van der Waals surface area contributed by atoms with Gasteiger partial charge in [-0.2, -0.15) is 5.26 Å². The molecule has 174 valence electrons. The van der Waals surface area contributed by atoms with Crippen LogP contribution in [0.4, 0.5) is 5.69 Å². The average Bonchev–Trinajstić information content (AvgIpc) is 2.89. The average molecular weight is 465 g/mol. The molecule has 0 unspecified atom stereocenters. The second kappa shape index (κ2) is 10.5. The van der Waals surface area contributed by atoms with E-state index in [0.29, 0.717) is 12.1 Å². The van der Waals surface area contributed by atoms with Crippen LogP contribution in [0.15, 0.2) is 67.3 Å². The lowest BCUT2D eigenvalue weighted by molar-refractivity contribution is 0.102. The summed E-state index contributed by atoms with van der Waals surface area (Å²) in [6.07, 6.45) is 6.89. The summed E-state index contributed by atoms with van der Waals surface area (Å²) in [6.45, 7) is 4.11. The third-order valence-electron chi connectivity index (χ3n) is 5.63. The predicted octanol–water partition coefficient (Wildman–Crippen LogP) is 4.72. The van der Waals surface area contributed by atoms with E-state index in [9.17, 15) is 4.79 Å². The Morgan fingerprint density at radius 2 is 1.91 bits per heavy atom. The van der Waals surface area contributed by atoms with Gasteiger partial charge in [0, 0.05) is 29.8 Å². The summed E-state index contributed by atoms with van der Waals surface area (Å²) in [5, 5.41) is 11.7. The zero-order valence-electron chi connectivity index (χ0n) is 19.7. The summed E-state index contributed by atoms with van der Waals surface area (Å²) in [4.78, 5) is 29.4. The van der Waals surface area contributed by atoms with E-state index in [1.807, 2.05) is 55.5 Å². The van der Waals surface area contributed by atoms with Gasteiger partial charge in [-0.25, -0.2) is 15.0 Å². The van der Waals surface area contributed by atoms with Crippen molar-refractivity contribution in [1.82, 2.24) is 19.9 Å². The summed E-state index contributed by atoms with van der Waals surface area (Å²) in [7, 11) is 1.66. The monoisotopic (exact) mass is 464 g/mol. The highest BCUT2D eigenvalue weighted by atomic mass is 16.5. The highest BCUT2D eigenvalue weighted by molar-refractivity contribution is 6.03. The quantitative estimate of drug-likeness (QED) is 0.421. The van der Waals surface area contributed by atoms with Gasteiger partial charge in [-0.15, -0.1) is 0 Å². The fourth-order valence-corrected chi connectivity index (χ4v) is 3.68. The van der Waals surface area contributed by atoms with Gasteiger partial charge in [0.05, 0.1) is 30.3 Å². The number of carbonyl (C=O) groups is 1. The van der Waals surface area contributed by atoms with Crippen LogP contribution in [0.1, 0.15) is 45.8 Å². The molecule has 2 aromatic carbocycles. The summed E-state index contributed by atoms with van der Waals surface area (Å²) >= 11 is 0. The van der Waals surface area contributed by atoms with Crippen LogP contribution in [-0.2, 0) is 6.42 Å². The number of hydrogen-bond acceptors (Lipinski definition) is 7. The topological polar surface area (TPSA) is 114 Å². The molecule has 1 amide bonds. The first kappa shape index (κ1) is 23.5. The molecule has 1 N–H and O–H groups in total. The number of hydrogen-bond donors (Lipinski definition) is 1. The summed E-state index contributed by atoms with van der Waals surface area (Å²) in [6, 6.07) is 15.5. The molecule has 0 radical (unpaired) electrons. The first-order valence-corrected chi connectivity index (χ1v) is 11.1. The molecule has 0 aliphatic heterocycles. The van der Waals surface area contributed by atoms with Gasteiger partial charge in [0.15, 0.2) is 0 Å². The number of benzene rings is 2. The van der Waals surface area contributed by atoms with Gasteiger partial charge in [0.1, 0.15) is 11.8 Å². The number of carbonyl (C=O) groups excluding carboxylic acids is 1. The molecule has 0 saturated heterocycles. The number of nitrogens with one attached hydrogen (secondary N) is 1. The molecule has 0 fully saturated rings. The van der Waals surface area contributed by atoms with Crippen LogP contribution in [0.2, 0.25) is 0 Å². The number of nitriles is 1. The second-order valence-corrected chi connectivity index (χ2v) is 8.17. The Labute approximate surface area is 203 Å². The molecule has 2 heterocycles. The Bertz CT molecular complexity index is 1400. The lowest BCUT2D eigenvalue weighted by atomic mass is 9.95. The Balaban J connectivity index is 1.47. The fraction of sp³-hybridized carbons (Fsp3) is 0.185. The van der Waals surface area contributed by atoms with Crippen LogP contribution in [0.5, 0.6) is 5.75 Å². The number of anilines is 1. The van der Waals surface area contributed by atoms with Gasteiger partial charge < -0.3 is 10.1 Å². The molecular weight excluding hydrogens is 440 g/mol. The zero-order chi connectivity index (χ0) is 24.8. The number of amides is 1. The molecule has 0 aliphatic carbocycles. The van der Waals surface area contributed by atoms with Crippen LogP contribution in [0.25, 0.3) is 11.3 Å². The lowest BCUT2D eigenvalue weighted by Gasteiger charge is -2.14. The first-order chi connectivity index (χ1) is 17.0. The Hall–Kier alpha value is -4.64. The van der Waals surface area contributed by atoms with Gasteiger partial charge in [-0.1, -0.05) is 31.2 Å². The van der Waals surface area contributed by atoms with Gasteiger partial charge in [0.25, 0.3) is 5.91 Å². The van der Waals surface area contributed by atoms with Crippen LogP contribution in [-0.4, -0.2) is 33.0 Å². The third kappa shape index (κ3) is 5.65. The maximum absolute atomic E-state index is 12.5. The van der Waals surface area contributed by atoms with E-state index < -0.39 is 0 Å². The number of rotatable bonds is 7. The van der Waals surface area contributed by atoms with Gasteiger partial charge in [-0.05, 0) is 48.6 Å². The molecule has 8 nitrogen and oxygen atoms in total. The molecule has 4 aromatic rings. The predicted molar refractivity (Wildman–Crippen MR) is 132 cm³/mol. The highest BCUT2D eigenvalue weighted by Crippen LogP contribution is 2.27. The van der Waals surface area contributed by atoms with Crippen molar-refractivity contribution in [3.05, 3.63) is 95.5 Å². The molecule has 0 aliphatic rings. The number of methoxy groups -OCH3 is 1. The number of aromatic nitrogens is 4. The molecule has 1 atom stereocenters. The van der Waals surface area contributed by atoms with Crippen molar-refractivity contribution >= 4 is 11.6 Å². The van der Waals surface area contributed by atoms with Crippen molar-refractivity contribution in [3.63, 3.8) is 0 Å². The van der Waals surface area contributed by atoms with E-state index in [1.165, 1.54) is 12.4 Å². The molecule has 0 spiro atoms.